The van der Waals surface area contributed by atoms with Gasteiger partial charge in [0.2, 0.25) is 0 Å². The molecule has 1 unspecified atom stereocenters. The number of hydrogen-bond acceptors (Lipinski definition) is 4. The van der Waals surface area contributed by atoms with Gasteiger partial charge in [0.1, 0.15) is 5.75 Å². The van der Waals surface area contributed by atoms with Crippen molar-refractivity contribution in [2.75, 3.05) is 6.61 Å². The fourth-order valence-electron chi connectivity index (χ4n) is 1.81. The third-order valence-corrected chi connectivity index (χ3v) is 2.63. The van der Waals surface area contributed by atoms with E-state index in [1.165, 1.54) is 18.2 Å². The van der Waals surface area contributed by atoms with Gasteiger partial charge >= 0.3 is 11.9 Å². The summed E-state index contributed by atoms with van der Waals surface area (Å²) in [6, 6.07) is 4.31. The molecule has 0 spiro atoms. The second-order valence-corrected chi connectivity index (χ2v) is 3.76. The molecule has 2 N–H and O–H groups in total. The number of phenols is 1. The van der Waals surface area contributed by atoms with Crippen molar-refractivity contribution in [1.29, 1.82) is 0 Å². The third-order valence-electron chi connectivity index (χ3n) is 2.63. The smallest absolute Gasteiger partial charge is 0.338 e. The van der Waals surface area contributed by atoms with Gasteiger partial charge < -0.3 is 14.9 Å². The van der Waals surface area contributed by atoms with Gasteiger partial charge in [0.05, 0.1) is 18.1 Å². The molecule has 0 aromatic heterocycles. The molecule has 5 heteroatoms. The first kappa shape index (κ1) is 14.0. The predicted molar refractivity (Wildman–Crippen MR) is 64.7 cm³/mol. The van der Waals surface area contributed by atoms with Crippen molar-refractivity contribution in [3.05, 3.63) is 29.3 Å². The number of benzene rings is 1. The van der Waals surface area contributed by atoms with E-state index in [2.05, 4.69) is 0 Å². The molecule has 0 aliphatic rings. The second-order valence-electron chi connectivity index (χ2n) is 3.76. The molecule has 0 amide bonds. The van der Waals surface area contributed by atoms with E-state index in [0.29, 0.717) is 0 Å². The second kappa shape index (κ2) is 6.05. The predicted octanol–water partition coefficient (Wildman–Crippen LogP) is 2.15. The SMILES string of the molecule is CCOC(=O)c1cccc(O)c1C(CC)C(=O)O. The molecule has 5 nitrogen and oxygen atoms in total. The van der Waals surface area contributed by atoms with Crippen molar-refractivity contribution in [3.8, 4) is 5.75 Å². The lowest BCUT2D eigenvalue weighted by atomic mass is 9.91. The Kier molecular flexibility index (Phi) is 4.71. The van der Waals surface area contributed by atoms with Crippen molar-refractivity contribution in [3.63, 3.8) is 0 Å². The monoisotopic (exact) mass is 252 g/mol. The van der Waals surface area contributed by atoms with E-state index in [-0.39, 0.29) is 29.9 Å². The van der Waals surface area contributed by atoms with Crippen LogP contribution in [0.15, 0.2) is 18.2 Å². The normalized spacial score (nSPS) is 11.9. The van der Waals surface area contributed by atoms with Crippen LogP contribution >= 0.6 is 0 Å². The molecule has 1 aromatic carbocycles. The van der Waals surface area contributed by atoms with Crippen LogP contribution in [0.3, 0.4) is 0 Å². The standard InChI is InChI=1S/C13H16O5/c1-3-8(12(15)16)11-9(13(17)18-4-2)6-5-7-10(11)14/h5-8,14H,3-4H2,1-2H3,(H,15,16). The van der Waals surface area contributed by atoms with Crippen LogP contribution in [0.1, 0.15) is 42.1 Å². The first-order chi connectivity index (χ1) is 8.52. The molecule has 0 radical (unpaired) electrons. The Bertz CT molecular complexity index is 453. The molecule has 0 aliphatic heterocycles. The molecule has 0 fully saturated rings. The molecule has 0 aliphatic carbocycles. The van der Waals surface area contributed by atoms with Gasteiger partial charge in [-0.1, -0.05) is 13.0 Å². The zero-order valence-corrected chi connectivity index (χ0v) is 10.3. The molecule has 0 saturated carbocycles. The fraction of sp³-hybridized carbons (Fsp3) is 0.385. The van der Waals surface area contributed by atoms with Crippen LogP contribution in [-0.4, -0.2) is 28.8 Å². The highest BCUT2D eigenvalue weighted by molar-refractivity contribution is 5.94. The van der Waals surface area contributed by atoms with Crippen LogP contribution < -0.4 is 0 Å². The van der Waals surface area contributed by atoms with Crippen LogP contribution in [0.4, 0.5) is 0 Å². The van der Waals surface area contributed by atoms with E-state index in [9.17, 15) is 14.7 Å². The number of carboxylic acids is 1. The van der Waals surface area contributed by atoms with E-state index in [1.807, 2.05) is 0 Å². The van der Waals surface area contributed by atoms with E-state index in [4.69, 9.17) is 9.84 Å². The zero-order valence-electron chi connectivity index (χ0n) is 10.3. The Morgan fingerprint density at radius 1 is 1.33 bits per heavy atom. The summed E-state index contributed by atoms with van der Waals surface area (Å²) in [4.78, 5) is 22.9. The third kappa shape index (κ3) is 2.80. The maximum Gasteiger partial charge on any atom is 0.338 e. The summed E-state index contributed by atoms with van der Waals surface area (Å²) in [5.74, 6) is -2.83. The highest BCUT2D eigenvalue weighted by Gasteiger charge is 2.27. The average Bonchev–Trinajstić information content (AvgIpc) is 2.31. The number of aliphatic carboxylic acids is 1. The van der Waals surface area contributed by atoms with Gasteiger partial charge in [0.25, 0.3) is 0 Å². The van der Waals surface area contributed by atoms with Crippen molar-refractivity contribution in [2.45, 2.75) is 26.2 Å². The Morgan fingerprint density at radius 2 is 2.00 bits per heavy atom. The lowest BCUT2D eigenvalue weighted by Crippen LogP contribution is -2.16. The van der Waals surface area contributed by atoms with E-state index >= 15 is 0 Å². The quantitative estimate of drug-likeness (QED) is 0.784. The number of aromatic hydroxyl groups is 1. The Labute approximate surface area is 105 Å². The van der Waals surface area contributed by atoms with Crippen LogP contribution in [0.2, 0.25) is 0 Å². The van der Waals surface area contributed by atoms with Gasteiger partial charge in [0, 0.05) is 5.56 Å². The Balaban J connectivity index is 3.31. The molecular weight excluding hydrogens is 236 g/mol. The van der Waals surface area contributed by atoms with Crippen LogP contribution in [0.5, 0.6) is 5.75 Å². The molecule has 0 heterocycles. The van der Waals surface area contributed by atoms with Crippen molar-refractivity contribution in [1.82, 2.24) is 0 Å². The van der Waals surface area contributed by atoms with Gasteiger partial charge in [-0.05, 0) is 25.5 Å². The summed E-state index contributed by atoms with van der Waals surface area (Å²) >= 11 is 0. The molecule has 1 rings (SSSR count). The maximum absolute atomic E-state index is 11.7. The number of rotatable bonds is 5. The summed E-state index contributed by atoms with van der Waals surface area (Å²) in [6.45, 7) is 3.53. The van der Waals surface area contributed by atoms with Crippen molar-refractivity contribution in [2.24, 2.45) is 0 Å². The minimum atomic E-state index is -1.08. The van der Waals surface area contributed by atoms with Crippen LogP contribution in [0, 0.1) is 0 Å². The Morgan fingerprint density at radius 3 is 2.50 bits per heavy atom. The molecule has 18 heavy (non-hydrogen) atoms. The van der Waals surface area contributed by atoms with Gasteiger partial charge in [-0.2, -0.15) is 0 Å². The van der Waals surface area contributed by atoms with E-state index in [0.717, 1.165) is 0 Å². The molecule has 0 saturated heterocycles. The summed E-state index contributed by atoms with van der Waals surface area (Å²) in [7, 11) is 0. The van der Waals surface area contributed by atoms with Crippen LogP contribution in [-0.2, 0) is 9.53 Å². The van der Waals surface area contributed by atoms with Gasteiger partial charge in [-0.3, -0.25) is 4.79 Å². The fourth-order valence-corrected chi connectivity index (χ4v) is 1.81. The van der Waals surface area contributed by atoms with E-state index in [1.54, 1.807) is 13.8 Å². The van der Waals surface area contributed by atoms with Crippen LogP contribution in [0.25, 0.3) is 0 Å². The first-order valence-electron chi connectivity index (χ1n) is 5.74. The number of carbonyl (C=O) groups is 2. The number of carbonyl (C=O) groups excluding carboxylic acids is 1. The lowest BCUT2D eigenvalue weighted by molar-refractivity contribution is -0.138. The van der Waals surface area contributed by atoms with E-state index < -0.39 is 17.9 Å². The highest BCUT2D eigenvalue weighted by Crippen LogP contribution is 2.32. The largest absolute Gasteiger partial charge is 0.508 e. The summed E-state index contributed by atoms with van der Waals surface area (Å²) in [5, 5.41) is 18.9. The first-order valence-corrected chi connectivity index (χ1v) is 5.74. The lowest BCUT2D eigenvalue weighted by Gasteiger charge is -2.16. The number of phenolic OH excluding ortho intramolecular Hbond substituents is 1. The summed E-state index contributed by atoms with van der Waals surface area (Å²) < 4.78 is 4.86. The number of hydrogen-bond donors (Lipinski definition) is 2. The summed E-state index contributed by atoms with van der Waals surface area (Å²) in [6.07, 6.45) is 0.277. The highest BCUT2D eigenvalue weighted by atomic mass is 16.5. The van der Waals surface area contributed by atoms with Gasteiger partial charge in [0.15, 0.2) is 0 Å². The minimum Gasteiger partial charge on any atom is -0.508 e. The number of esters is 1. The van der Waals surface area contributed by atoms with Crippen molar-refractivity contribution < 1.29 is 24.5 Å². The molecule has 0 bridgehead atoms. The number of ether oxygens (including phenoxy) is 1. The Hall–Kier alpha value is -2.04. The number of carboxylic acid groups (broad SMARTS) is 1. The molecule has 98 valence electrons. The topological polar surface area (TPSA) is 83.8 Å². The zero-order chi connectivity index (χ0) is 13.7. The van der Waals surface area contributed by atoms with Gasteiger partial charge in [-0.15, -0.1) is 0 Å². The molecule has 1 aromatic rings. The average molecular weight is 252 g/mol. The molecule has 1 atom stereocenters. The summed E-state index contributed by atoms with van der Waals surface area (Å²) in [5.41, 5.74) is 0.219. The van der Waals surface area contributed by atoms with Gasteiger partial charge in [-0.25, -0.2) is 4.79 Å². The van der Waals surface area contributed by atoms with Crippen molar-refractivity contribution >= 4 is 11.9 Å². The minimum absolute atomic E-state index is 0.103. The maximum atomic E-state index is 11.7. The molecular formula is C13H16O5.